The summed E-state index contributed by atoms with van der Waals surface area (Å²) in [5.41, 5.74) is 4.14. The zero-order valence-electron chi connectivity index (χ0n) is 19.0. The third-order valence-corrected chi connectivity index (χ3v) is 6.97. The molecule has 0 radical (unpaired) electrons. The van der Waals surface area contributed by atoms with Crippen molar-refractivity contribution in [1.29, 1.82) is 0 Å². The zero-order chi connectivity index (χ0) is 23.9. The molecule has 0 amide bonds. The molecule has 4 nitrogen and oxygen atoms in total. The van der Waals surface area contributed by atoms with E-state index in [-0.39, 0.29) is 5.54 Å². The Bertz CT molecular complexity index is 1410. The molecule has 4 aromatic rings. The maximum atomic E-state index is 6.85. The molecular formula is C27H23Cl2N3OS. The number of hydrogen-bond donors (Lipinski definition) is 0. The normalized spacial score (nSPS) is 14.7. The van der Waals surface area contributed by atoms with E-state index in [4.69, 9.17) is 37.9 Å². The number of hydrogen-bond acceptors (Lipinski definition) is 4. The van der Waals surface area contributed by atoms with Crippen LogP contribution in [0.3, 0.4) is 0 Å². The number of imidazole rings is 1. The predicted octanol–water partition coefficient (Wildman–Crippen LogP) is 7.79. The van der Waals surface area contributed by atoms with Crippen LogP contribution in [0.25, 0.3) is 28.2 Å². The molecule has 172 valence electrons. The topological polar surface area (TPSA) is 39.4 Å². The summed E-state index contributed by atoms with van der Waals surface area (Å²) >= 11 is 15.1. The Morgan fingerprint density at radius 1 is 0.941 bits per heavy atom. The first-order valence-electron chi connectivity index (χ1n) is 10.9. The average molecular weight is 508 g/mol. The van der Waals surface area contributed by atoms with Crippen LogP contribution in [0.2, 0.25) is 10.0 Å². The van der Waals surface area contributed by atoms with Gasteiger partial charge in [0.2, 0.25) is 5.90 Å². The van der Waals surface area contributed by atoms with Crippen LogP contribution >= 0.6 is 35.0 Å². The lowest BCUT2D eigenvalue weighted by atomic mass is 10.1. The molecule has 5 rings (SSSR count). The van der Waals surface area contributed by atoms with Gasteiger partial charge in [-0.1, -0.05) is 53.5 Å². The molecule has 34 heavy (non-hydrogen) atoms. The molecular weight excluding hydrogens is 485 g/mol. The second kappa shape index (κ2) is 9.14. The third kappa shape index (κ3) is 4.48. The second-order valence-corrected chi connectivity index (χ2v) is 10.4. The van der Waals surface area contributed by atoms with E-state index in [1.807, 2.05) is 61.0 Å². The summed E-state index contributed by atoms with van der Waals surface area (Å²) in [6, 6.07) is 22.1. The molecule has 3 aromatic carbocycles. The fraction of sp³-hybridized carbons (Fsp3) is 0.185. The van der Waals surface area contributed by atoms with Gasteiger partial charge in [0.25, 0.3) is 0 Å². The molecule has 1 aliphatic heterocycles. The molecule has 0 bridgehead atoms. The Balaban J connectivity index is 1.63. The Morgan fingerprint density at radius 3 is 2.44 bits per heavy atom. The average Bonchev–Trinajstić information content (AvgIpc) is 3.42. The molecule has 0 fully saturated rings. The second-order valence-electron chi connectivity index (χ2n) is 8.72. The van der Waals surface area contributed by atoms with Crippen LogP contribution in [0.4, 0.5) is 0 Å². The number of rotatable bonds is 5. The number of nitrogens with zero attached hydrogens (tertiary/aromatic N) is 3. The van der Waals surface area contributed by atoms with Gasteiger partial charge in [0.05, 0.1) is 21.3 Å². The molecule has 0 N–H and O–H groups in total. The van der Waals surface area contributed by atoms with Gasteiger partial charge in [0.1, 0.15) is 18.1 Å². The maximum Gasteiger partial charge on any atom is 0.237 e. The first-order valence-corrected chi connectivity index (χ1v) is 12.8. The highest BCUT2D eigenvalue weighted by atomic mass is 35.5. The van der Waals surface area contributed by atoms with Crippen LogP contribution in [0, 0.1) is 0 Å². The first-order chi connectivity index (χ1) is 16.3. The smallest absolute Gasteiger partial charge is 0.237 e. The molecule has 0 aliphatic carbocycles. The number of thioether (sulfide) groups is 1. The monoisotopic (exact) mass is 507 g/mol. The highest BCUT2D eigenvalue weighted by molar-refractivity contribution is 7.98. The van der Waals surface area contributed by atoms with Crippen molar-refractivity contribution in [3.63, 3.8) is 0 Å². The fourth-order valence-electron chi connectivity index (χ4n) is 3.90. The predicted molar refractivity (Wildman–Crippen MR) is 143 cm³/mol. The van der Waals surface area contributed by atoms with Gasteiger partial charge < -0.3 is 4.74 Å². The molecule has 1 aromatic heterocycles. The number of aliphatic imine (C=N–C) groups is 1. The Morgan fingerprint density at radius 2 is 1.74 bits per heavy atom. The molecule has 0 unspecified atom stereocenters. The van der Waals surface area contributed by atoms with E-state index in [9.17, 15) is 0 Å². The van der Waals surface area contributed by atoms with Crippen molar-refractivity contribution in [3.8, 4) is 28.2 Å². The number of benzene rings is 3. The summed E-state index contributed by atoms with van der Waals surface area (Å²) in [5.74, 6) is 1.20. The van der Waals surface area contributed by atoms with Crippen LogP contribution in [0.15, 0.2) is 82.8 Å². The summed E-state index contributed by atoms with van der Waals surface area (Å²) < 4.78 is 7.82. The van der Waals surface area contributed by atoms with Gasteiger partial charge >= 0.3 is 0 Å². The van der Waals surface area contributed by atoms with Gasteiger partial charge in [-0.15, -0.1) is 11.8 Å². The van der Waals surface area contributed by atoms with Crippen molar-refractivity contribution in [3.05, 3.63) is 88.7 Å². The van der Waals surface area contributed by atoms with E-state index >= 15 is 0 Å². The molecule has 2 heterocycles. The molecule has 7 heteroatoms. The summed E-state index contributed by atoms with van der Waals surface area (Å²) in [7, 11) is 0. The molecule has 0 spiro atoms. The van der Waals surface area contributed by atoms with Crippen molar-refractivity contribution in [2.24, 2.45) is 4.99 Å². The minimum absolute atomic E-state index is 0.283. The van der Waals surface area contributed by atoms with Crippen LogP contribution in [0.1, 0.15) is 19.5 Å². The third-order valence-electron chi connectivity index (χ3n) is 5.62. The molecule has 0 saturated heterocycles. The lowest BCUT2D eigenvalue weighted by Gasteiger charge is -2.12. The molecule has 1 aliphatic rings. The van der Waals surface area contributed by atoms with Crippen molar-refractivity contribution >= 4 is 40.9 Å². The standard InChI is InChI=1S/C27H23Cl2N3OS/c1-27(2)16-33-26(31-27)23-15-32(25(30-23)20-9-4-5-10-21(20)28)24-12-11-18(14-22(24)29)17-7-6-8-19(13-17)34-3/h4-15H,16H2,1-3H3. The van der Waals surface area contributed by atoms with E-state index < -0.39 is 0 Å². The van der Waals surface area contributed by atoms with Crippen LogP contribution in [-0.2, 0) is 4.74 Å². The maximum absolute atomic E-state index is 6.85. The van der Waals surface area contributed by atoms with Crippen molar-refractivity contribution < 1.29 is 4.74 Å². The van der Waals surface area contributed by atoms with Gasteiger partial charge in [-0.3, -0.25) is 4.57 Å². The number of ether oxygens (including phenoxy) is 1. The van der Waals surface area contributed by atoms with E-state index in [0.717, 1.165) is 22.4 Å². The minimum Gasteiger partial charge on any atom is -0.474 e. The molecule has 0 saturated carbocycles. The van der Waals surface area contributed by atoms with Crippen LogP contribution < -0.4 is 0 Å². The van der Waals surface area contributed by atoms with Gasteiger partial charge in [-0.2, -0.15) is 0 Å². The fourth-order valence-corrected chi connectivity index (χ4v) is 4.85. The lowest BCUT2D eigenvalue weighted by Crippen LogP contribution is -2.17. The van der Waals surface area contributed by atoms with E-state index in [2.05, 4.69) is 36.6 Å². The van der Waals surface area contributed by atoms with Gasteiger partial charge in [-0.25, -0.2) is 9.98 Å². The van der Waals surface area contributed by atoms with Crippen LogP contribution in [0.5, 0.6) is 0 Å². The summed E-state index contributed by atoms with van der Waals surface area (Å²) in [5, 5.41) is 1.22. The Hall–Kier alpha value is -2.73. The zero-order valence-corrected chi connectivity index (χ0v) is 21.4. The van der Waals surface area contributed by atoms with Gasteiger partial charge in [0, 0.05) is 16.7 Å². The summed E-state index contributed by atoms with van der Waals surface area (Å²) in [6.07, 6.45) is 3.98. The number of halogens is 2. The van der Waals surface area contributed by atoms with E-state index in [1.54, 1.807) is 11.8 Å². The van der Waals surface area contributed by atoms with E-state index in [1.165, 1.54) is 4.90 Å². The summed E-state index contributed by atoms with van der Waals surface area (Å²) in [6.45, 7) is 4.59. The number of aromatic nitrogens is 2. The van der Waals surface area contributed by atoms with Gasteiger partial charge in [0.15, 0.2) is 0 Å². The van der Waals surface area contributed by atoms with Crippen LogP contribution in [-0.4, -0.2) is 33.9 Å². The summed E-state index contributed by atoms with van der Waals surface area (Å²) in [4.78, 5) is 10.8. The van der Waals surface area contributed by atoms with Crippen molar-refractivity contribution in [2.45, 2.75) is 24.3 Å². The van der Waals surface area contributed by atoms with Crippen molar-refractivity contribution in [1.82, 2.24) is 9.55 Å². The van der Waals surface area contributed by atoms with Crippen molar-refractivity contribution in [2.75, 3.05) is 12.9 Å². The minimum atomic E-state index is -0.283. The van der Waals surface area contributed by atoms with E-state index in [0.29, 0.717) is 34.1 Å². The first kappa shape index (κ1) is 23.0. The SMILES string of the molecule is CSc1cccc(-c2ccc(-n3cc(C4=NC(C)(C)CO4)nc3-c3ccccc3Cl)c(Cl)c2)c1. The Labute approximate surface area is 213 Å². The highest BCUT2D eigenvalue weighted by Gasteiger charge is 2.29. The molecule has 0 atom stereocenters. The largest absolute Gasteiger partial charge is 0.474 e. The Kier molecular flexibility index (Phi) is 6.19. The quantitative estimate of drug-likeness (QED) is 0.258. The highest BCUT2D eigenvalue weighted by Crippen LogP contribution is 2.35. The lowest BCUT2D eigenvalue weighted by molar-refractivity contribution is 0.279. The van der Waals surface area contributed by atoms with Gasteiger partial charge in [-0.05, 0) is 67.6 Å².